The smallest absolute Gasteiger partial charge is 0.0539 e. The maximum Gasteiger partial charge on any atom is 0.0539 e. The summed E-state index contributed by atoms with van der Waals surface area (Å²) in [5.74, 6) is 1.75. The lowest BCUT2D eigenvalue weighted by Gasteiger charge is -2.14. The predicted octanol–water partition coefficient (Wildman–Crippen LogP) is 2.65. The number of hydrogen-bond acceptors (Lipinski definition) is 3. The zero-order valence-corrected chi connectivity index (χ0v) is 10.4. The highest BCUT2D eigenvalue weighted by atomic mass is 35.5. The molecule has 1 aliphatic rings. The highest BCUT2D eigenvalue weighted by Crippen LogP contribution is 2.37. The number of rotatable bonds is 5. The van der Waals surface area contributed by atoms with Crippen LogP contribution in [0.1, 0.15) is 24.3 Å². The molecule has 1 fully saturated rings. The van der Waals surface area contributed by atoms with Crippen LogP contribution in [0.25, 0.3) is 0 Å². The summed E-state index contributed by atoms with van der Waals surface area (Å²) in [6.07, 6.45) is 1.36. The minimum Gasteiger partial charge on any atom is -0.329 e. The third kappa shape index (κ3) is 2.94. The summed E-state index contributed by atoms with van der Waals surface area (Å²) in [5, 5.41) is 6.29. The lowest BCUT2D eigenvalue weighted by molar-refractivity contribution is 0.517. The summed E-state index contributed by atoms with van der Waals surface area (Å²) in [5.41, 5.74) is 5.76. The van der Waals surface area contributed by atoms with Gasteiger partial charge in [0, 0.05) is 16.8 Å². The Morgan fingerprint density at radius 3 is 2.93 bits per heavy atom. The quantitative estimate of drug-likeness (QED) is 0.836. The standard InChI is InChI=1S/C11H17ClN2S/c1-7-2-8(7)5-14-10(4-13)11-3-9(12)6-15-11/h3,6-8,10,14H,2,4-5,13H2,1H3. The second-order valence-corrected chi connectivity index (χ2v) is 5.72. The van der Waals surface area contributed by atoms with Gasteiger partial charge in [0.2, 0.25) is 0 Å². The Balaban J connectivity index is 1.86. The van der Waals surface area contributed by atoms with Crippen molar-refractivity contribution in [2.75, 3.05) is 13.1 Å². The van der Waals surface area contributed by atoms with E-state index >= 15 is 0 Å². The van der Waals surface area contributed by atoms with E-state index in [2.05, 4.69) is 12.2 Å². The van der Waals surface area contributed by atoms with E-state index in [4.69, 9.17) is 17.3 Å². The molecule has 0 saturated heterocycles. The minimum atomic E-state index is 0.273. The van der Waals surface area contributed by atoms with Gasteiger partial charge in [0.05, 0.1) is 11.1 Å². The topological polar surface area (TPSA) is 38.0 Å². The summed E-state index contributed by atoms with van der Waals surface area (Å²) in [4.78, 5) is 1.25. The predicted molar refractivity (Wildman–Crippen MR) is 66.4 cm³/mol. The molecule has 0 aromatic carbocycles. The molecule has 0 radical (unpaired) electrons. The maximum absolute atomic E-state index is 5.90. The Labute approximate surface area is 99.8 Å². The Morgan fingerprint density at radius 1 is 1.73 bits per heavy atom. The number of nitrogens with one attached hydrogen (secondary N) is 1. The molecular weight excluding hydrogens is 228 g/mol. The van der Waals surface area contributed by atoms with Crippen molar-refractivity contribution >= 4 is 22.9 Å². The van der Waals surface area contributed by atoms with Crippen LogP contribution >= 0.6 is 22.9 Å². The molecule has 3 unspecified atom stereocenters. The number of halogens is 1. The summed E-state index contributed by atoms with van der Waals surface area (Å²) in [6.45, 7) is 4.02. The normalized spacial score (nSPS) is 26.6. The van der Waals surface area contributed by atoms with Crippen LogP contribution in [0.4, 0.5) is 0 Å². The first kappa shape index (κ1) is 11.4. The van der Waals surface area contributed by atoms with Crippen molar-refractivity contribution in [1.82, 2.24) is 5.32 Å². The van der Waals surface area contributed by atoms with Gasteiger partial charge in [-0.25, -0.2) is 0 Å². The third-order valence-corrected chi connectivity index (χ3v) is 4.46. The summed E-state index contributed by atoms with van der Waals surface area (Å²) in [6, 6.07) is 2.28. The molecule has 2 rings (SSSR count). The zero-order valence-electron chi connectivity index (χ0n) is 8.87. The molecule has 0 amide bonds. The van der Waals surface area contributed by atoms with Crippen molar-refractivity contribution in [2.45, 2.75) is 19.4 Å². The van der Waals surface area contributed by atoms with Crippen LogP contribution < -0.4 is 11.1 Å². The van der Waals surface area contributed by atoms with E-state index in [0.29, 0.717) is 6.54 Å². The fraction of sp³-hybridized carbons (Fsp3) is 0.636. The summed E-state index contributed by atoms with van der Waals surface area (Å²) < 4.78 is 0. The molecule has 0 bridgehead atoms. The fourth-order valence-corrected chi connectivity index (χ4v) is 2.96. The van der Waals surface area contributed by atoms with Crippen LogP contribution in [0.5, 0.6) is 0 Å². The van der Waals surface area contributed by atoms with Crippen LogP contribution in [-0.2, 0) is 0 Å². The molecule has 1 aromatic heterocycles. The molecule has 3 N–H and O–H groups in total. The van der Waals surface area contributed by atoms with Crippen LogP contribution in [-0.4, -0.2) is 13.1 Å². The Bertz CT molecular complexity index is 326. The fourth-order valence-electron chi connectivity index (χ4n) is 1.79. The largest absolute Gasteiger partial charge is 0.329 e. The molecule has 4 heteroatoms. The average Bonchev–Trinajstić information content (AvgIpc) is 2.73. The van der Waals surface area contributed by atoms with Crippen LogP contribution in [0, 0.1) is 11.8 Å². The van der Waals surface area contributed by atoms with Crippen LogP contribution in [0.3, 0.4) is 0 Å². The van der Waals surface area contributed by atoms with E-state index in [-0.39, 0.29) is 6.04 Å². The average molecular weight is 245 g/mol. The first-order chi connectivity index (χ1) is 7.20. The molecule has 3 atom stereocenters. The van der Waals surface area contributed by atoms with Crippen molar-refractivity contribution in [3.05, 3.63) is 21.3 Å². The molecule has 0 spiro atoms. The summed E-state index contributed by atoms with van der Waals surface area (Å²) >= 11 is 7.58. The molecule has 1 aromatic rings. The van der Waals surface area contributed by atoms with Gasteiger partial charge in [-0.2, -0.15) is 0 Å². The molecule has 15 heavy (non-hydrogen) atoms. The second-order valence-electron chi connectivity index (χ2n) is 4.34. The first-order valence-corrected chi connectivity index (χ1v) is 6.64. The highest BCUT2D eigenvalue weighted by Gasteiger charge is 2.32. The molecular formula is C11H17ClN2S. The van der Waals surface area contributed by atoms with Gasteiger partial charge < -0.3 is 11.1 Å². The van der Waals surface area contributed by atoms with Gasteiger partial charge in [0.25, 0.3) is 0 Å². The molecule has 1 aliphatic carbocycles. The van der Waals surface area contributed by atoms with Gasteiger partial charge in [0.15, 0.2) is 0 Å². The highest BCUT2D eigenvalue weighted by molar-refractivity contribution is 7.10. The van der Waals surface area contributed by atoms with E-state index in [9.17, 15) is 0 Å². The Kier molecular flexibility index (Phi) is 3.67. The van der Waals surface area contributed by atoms with Crippen molar-refractivity contribution in [3.8, 4) is 0 Å². The zero-order chi connectivity index (χ0) is 10.8. The van der Waals surface area contributed by atoms with Gasteiger partial charge in [-0.1, -0.05) is 18.5 Å². The van der Waals surface area contributed by atoms with Crippen molar-refractivity contribution in [1.29, 1.82) is 0 Å². The molecule has 2 nitrogen and oxygen atoms in total. The van der Waals surface area contributed by atoms with E-state index in [1.807, 2.05) is 11.4 Å². The second kappa shape index (κ2) is 4.83. The van der Waals surface area contributed by atoms with Gasteiger partial charge in [-0.05, 0) is 30.9 Å². The minimum absolute atomic E-state index is 0.273. The van der Waals surface area contributed by atoms with Crippen molar-refractivity contribution in [3.63, 3.8) is 0 Å². The van der Waals surface area contributed by atoms with Crippen molar-refractivity contribution < 1.29 is 0 Å². The van der Waals surface area contributed by atoms with E-state index in [1.165, 1.54) is 11.3 Å². The Hall–Kier alpha value is -0.0900. The van der Waals surface area contributed by atoms with Gasteiger partial charge in [-0.15, -0.1) is 11.3 Å². The first-order valence-electron chi connectivity index (χ1n) is 5.38. The SMILES string of the molecule is CC1CC1CNC(CN)c1cc(Cl)cs1. The van der Waals surface area contributed by atoms with Gasteiger partial charge in [0.1, 0.15) is 0 Å². The summed E-state index contributed by atoms with van der Waals surface area (Å²) in [7, 11) is 0. The van der Waals surface area contributed by atoms with E-state index in [1.54, 1.807) is 11.3 Å². The van der Waals surface area contributed by atoms with E-state index < -0.39 is 0 Å². The number of thiophene rings is 1. The Morgan fingerprint density at radius 2 is 2.47 bits per heavy atom. The lowest BCUT2D eigenvalue weighted by Crippen LogP contribution is -2.29. The van der Waals surface area contributed by atoms with Crippen LogP contribution in [0.15, 0.2) is 11.4 Å². The monoisotopic (exact) mass is 244 g/mol. The molecule has 84 valence electrons. The van der Waals surface area contributed by atoms with Gasteiger partial charge >= 0.3 is 0 Å². The van der Waals surface area contributed by atoms with Crippen molar-refractivity contribution in [2.24, 2.45) is 17.6 Å². The molecule has 1 saturated carbocycles. The molecule has 0 aliphatic heterocycles. The lowest BCUT2D eigenvalue weighted by atomic mass is 10.2. The van der Waals surface area contributed by atoms with Gasteiger partial charge in [-0.3, -0.25) is 0 Å². The molecule has 1 heterocycles. The number of hydrogen-bond donors (Lipinski definition) is 2. The number of nitrogens with two attached hydrogens (primary N) is 1. The third-order valence-electron chi connectivity index (χ3n) is 3.07. The van der Waals surface area contributed by atoms with Crippen LogP contribution in [0.2, 0.25) is 5.02 Å². The van der Waals surface area contributed by atoms with E-state index in [0.717, 1.165) is 23.4 Å². The maximum atomic E-state index is 5.90.